The molecule has 16 heavy (non-hydrogen) atoms. The Kier molecular flexibility index (Phi) is 3.59. The van der Waals surface area contributed by atoms with Gasteiger partial charge in [0.05, 0.1) is 11.5 Å². The van der Waals surface area contributed by atoms with Gasteiger partial charge in [0.2, 0.25) is 0 Å². The standard InChI is InChI=1S/C12H23NO2S/c1-2-5-12(6-7-12)10-13-11-3-8-16(14,15)9-4-11/h11,13H,2-10H2,1H3. The SMILES string of the molecule is CCCC1(CNC2CCS(=O)(=O)CC2)CC1. The van der Waals surface area contributed by atoms with Crippen LogP contribution in [0.25, 0.3) is 0 Å². The lowest BCUT2D eigenvalue weighted by Crippen LogP contribution is -2.40. The minimum absolute atomic E-state index is 0.380. The van der Waals surface area contributed by atoms with E-state index in [1.165, 1.54) is 25.7 Å². The zero-order chi connectivity index (χ0) is 11.6. The van der Waals surface area contributed by atoms with Gasteiger partial charge < -0.3 is 5.32 Å². The summed E-state index contributed by atoms with van der Waals surface area (Å²) < 4.78 is 22.6. The van der Waals surface area contributed by atoms with Gasteiger partial charge in [-0.2, -0.15) is 0 Å². The lowest BCUT2D eigenvalue weighted by Gasteiger charge is -2.25. The molecule has 4 heteroatoms. The molecule has 0 amide bonds. The van der Waals surface area contributed by atoms with E-state index < -0.39 is 9.84 Å². The largest absolute Gasteiger partial charge is 0.313 e. The van der Waals surface area contributed by atoms with Crippen LogP contribution in [0, 0.1) is 5.41 Å². The zero-order valence-electron chi connectivity index (χ0n) is 10.2. The number of sulfone groups is 1. The van der Waals surface area contributed by atoms with E-state index in [4.69, 9.17) is 0 Å². The molecule has 0 bridgehead atoms. The lowest BCUT2D eigenvalue weighted by molar-refractivity contribution is 0.370. The van der Waals surface area contributed by atoms with Gasteiger partial charge in [-0.25, -0.2) is 8.42 Å². The molecule has 2 fully saturated rings. The van der Waals surface area contributed by atoms with E-state index in [9.17, 15) is 8.42 Å². The molecule has 1 aliphatic carbocycles. The summed E-state index contributed by atoms with van der Waals surface area (Å²) in [4.78, 5) is 0. The smallest absolute Gasteiger partial charge is 0.150 e. The average Bonchev–Trinajstić information content (AvgIpc) is 2.98. The van der Waals surface area contributed by atoms with Crippen LogP contribution in [-0.2, 0) is 9.84 Å². The van der Waals surface area contributed by atoms with Crippen LogP contribution < -0.4 is 5.32 Å². The highest BCUT2D eigenvalue weighted by atomic mass is 32.2. The fraction of sp³-hybridized carbons (Fsp3) is 1.00. The third-order valence-electron chi connectivity index (χ3n) is 4.06. The number of rotatable bonds is 5. The van der Waals surface area contributed by atoms with E-state index in [-0.39, 0.29) is 0 Å². The highest BCUT2D eigenvalue weighted by molar-refractivity contribution is 7.91. The summed E-state index contributed by atoms with van der Waals surface area (Å²) >= 11 is 0. The molecular weight excluding hydrogens is 222 g/mol. The van der Waals surface area contributed by atoms with Crippen molar-refractivity contribution >= 4 is 9.84 Å². The molecule has 2 aliphatic rings. The van der Waals surface area contributed by atoms with Crippen LogP contribution in [0.5, 0.6) is 0 Å². The Labute approximate surface area is 98.9 Å². The maximum absolute atomic E-state index is 11.3. The maximum atomic E-state index is 11.3. The molecule has 0 aromatic carbocycles. The van der Waals surface area contributed by atoms with Gasteiger partial charge in [-0.1, -0.05) is 13.3 Å². The van der Waals surface area contributed by atoms with E-state index in [0.717, 1.165) is 19.4 Å². The normalized spacial score (nSPS) is 27.8. The van der Waals surface area contributed by atoms with E-state index in [2.05, 4.69) is 12.2 Å². The summed E-state index contributed by atoms with van der Waals surface area (Å²) in [5, 5.41) is 3.58. The van der Waals surface area contributed by atoms with Gasteiger partial charge in [-0.15, -0.1) is 0 Å². The third-order valence-corrected chi connectivity index (χ3v) is 5.77. The summed E-state index contributed by atoms with van der Waals surface area (Å²) in [7, 11) is -2.70. The molecule has 94 valence electrons. The first-order valence-electron chi connectivity index (χ1n) is 6.49. The zero-order valence-corrected chi connectivity index (χ0v) is 11.0. The second-order valence-corrected chi connectivity index (χ2v) is 7.86. The molecule has 0 unspecified atom stereocenters. The van der Waals surface area contributed by atoms with Gasteiger partial charge in [0, 0.05) is 12.6 Å². The van der Waals surface area contributed by atoms with E-state index in [1.54, 1.807) is 0 Å². The first-order chi connectivity index (χ1) is 7.55. The van der Waals surface area contributed by atoms with Crippen molar-refractivity contribution in [1.82, 2.24) is 5.32 Å². The molecule has 2 rings (SSSR count). The highest BCUT2D eigenvalue weighted by Crippen LogP contribution is 2.49. The molecule has 1 saturated carbocycles. The Morgan fingerprint density at radius 3 is 2.38 bits per heavy atom. The van der Waals surface area contributed by atoms with Crippen molar-refractivity contribution in [2.75, 3.05) is 18.1 Å². The van der Waals surface area contributed by atoms with Crippen LogP contribution in [0.3, 0.4) is 0 Å². The topological polar surface area (TPSA) is 46.2 Å². The van der Waals surface area contributed by atoms with Gasteiger partial charge in [-0.3, -0.25) is 0 Å². The Balaban J connectivity index is 1.72. The lowest BCUT2D eigenvalue weighted by atomic mass is 10.00. The molecule has 0 atom stereocenters. The highest BCUT2D eigenvalue weighted by Gasteiger charge is 2.41. The Morgan fingerprint density at radius 2 is 1.88 bits per heavy atom. The summed E-state index contributed by atoms with van der Waals surface area (Å²) in [6, 6.07) is 0.442. The van der Waals surface area contributed by atoms with Gasteiger partial charge >= 0.3 is 0 Å². The van der Waals surface area contributed by atoms with Crippen LogP contribution in [0.15, 0.2) is 0 Å². The van der Waals surface area contributed by atoms with Crippen LogP contribution in [-0.4, -0.2) is 32.5 Å². The minimum atomic E-state index is -2.70. The van der Waals surface area contributed by atoms with Gasteiger partial charge in [0.1, 0.15) is 9.84 Å². The van der Waals surface area contributed by atoms with Gasteiger partial charge in [-0.05, 0) is 37.5 Å². The molecule has 0 spiro atoms. The van der Waals surface area contributed by atoms with Crippen LogP contribution in [0.4, 0.5) is 0 Å². The predicted molar refractivity (Wildman–Crippen MR) is 66.3 cm³/mol. The fourth-order valence-corrected chi connectivity index (χ4v) is 4.17. The first-order valence-corrected chi connectivity index (χ1v) is 8.31. The van der Waals surface area contributed by atoms with E-state index in [1.807, 2.05) is 0 Å². The number of hydrogen-bond acceptors (Lipinski definition) is 3. The Bertz CT molecular complexity index is 319. The number of nitrogens with one attached hydrogen (secondary N) is 1. The van der Waals surface area contributed by atoms with Crippen molar-refractivity contribution in [2.45, 2.75) is 51.5 Å². The van der Waals surface area contributed by atoms with Crippen molar-refractivity contribution < 1.29 is 8.42 Å². The second kappa shape index (κ2) is 4.65. The molecule has 1 heterocycles. The second-order valence-electron chi connectivity index (χ2n) is 5.56. The maximum Gasteiger partial charge on any atom is 0.150 e. The molecular formula is C12H23NO2S. The molecule has 1 aliphatic heterocycles. The van der Waals surface area contributed by atoms with Crippen LogP contribution in [0.1, 0.15) is 45.4 Å². The molecule has 0 radical (unpaired) electrons. The third kappa shape index (κ3) is 3.20. The monoisotopic (exact) mass is 245 g/mol. The molecule has 0 aromatic rings. The first kappa shape index (κ1) is 12.4. The van der Waals surface area contributed by atoms with Gasteiger partial charge in [0.25, 0.3) is 0 Å². The van der Waals surface area contributed by atoms with E-state index >= 15 is 0 Å². The Morgan fingerprint density at radius 1 is 1.25 bits per heavy atom. The summed E-state index contributed by atoms with van der Waals surface area (Å²) in [6.07, 6.45) is 6.93. The van der Waals surface area contributed by atoms with Crippen molar-refractivity contribution in [3.05, 3.63) is 0 Å². The summed E-state index contributed by atoms with van der Waals surface area (Å²) in [5.74, 6) is 0.761. The van der Waals surface area contributed by atoms with Crippen molar-refractivity contribution in [3.8, 4) is 0 Å². The summed E-state index contributed by atoms with van der Waals surface area (Å²) in [5.41, 5.74) is 0.574. The van der Waals surface area contributed by atoms with Crippen molar-refractivity contribution in [1.29, 1.82) is 0 Å². The van der Waals surface area contributed by atoms with Crippen LogP contribution >= 0.6 is 0 Å². The van der Waals surface area contributed by atoms with Gasteiger partial charge in [0.15, 0.2) is 0 Å². The number of hydrogen-bond donors (Lipinski definition) is 1. The Hall–Kier alpha value is -0.0900. The summed E-state index contributed by atoms with van der Waals surface area (Å²) in [6.45, 7) is 3.35. The van der Waals surface area contributed by atoms with Crippen molar-refractivity contribution in [3.63, 3.8) is 0 Å². The molecule has 0 aromatic heterocycles. The average molecular weight is 245 g/mol. The quantitative estimate of drug-likeness (QED) is 0.802. The minimum Gasteiger partial charge on any atom is -0.313 e. The van der Waals surface area contributed by atoms with Crippen molar-refractivity contribution in [2.24, 2.45) is 5.41 Å². The van der Waals surface area contributed by atoms with E-state index in [0.29, 0.717) is 23.0 Å². The molecule has 3 nitrogen and oxygen atoms in total. The molecule has 1 saturated heterocycles. The predicted octanol–water partition coefficient (Wildman–Crippen LogP) is 1.73. The van der Waals surface area contributed by atoms with Crippen LogP contribution in [0.2, 0.25) is 0 Å². The fourth-order valence-electron chi connectivity index (χ4n) is 2.68. The molecule has 1 N–H and O–H groups in total.